The number of benzene rings is 3. The molecule has 3 amide bonds. The molecule has 0 bridgehead atoms. The number of aromatic nitrogens is 1. The second-order valence-electron chi connectivity index (χ2n) is 9.98. The fourth-order valence-corrected chi connectivity index (χ4v) is 7.99. The maximum atomic E-state index is 13.9. The standard InChI is InChI=1S/C30H24FN3O4S2/c1-16-3-11-20(12-4-16)32-22(35)15-33-29-26(40-30(33)38)23(18-7-9-19(31)10-8-18)24-25(39-29)28(37)34(27(24)36)21-13-5-17(2)6-14-21/h3-14,23-25H,15H2,1-2H3,(H,32,35)/t23-,24+,25-/m0/s1. The van der Waals surface area contributed by atoms with Crippen LogP contribution in [0.5, 0.6) is 0 Å². The van der Waals surface area contributed by atoms with E-state index in [1.54, 1.807) is 36.4 Å². The SMILES string of the molecule is Cc1ccc(NC(=O)Cn2c3c(sc2=O)[C@@H](c2ccc(F)cc2)[C@H]2C(=O)N(c4ccc(C)cc4)C(=O)[C@H]2S3)cc1. The number of carbonyl (C=O) groups excluding carboxylic acids is 3. The molecular formula is C30H24FN3O4S2. The summed E-state index contributed by atoms with van der Waals surface area (Å²) in [5.74, 6) is -2.99. The number of anilines is 2. The maximum absolute atomic E-state index is 13.9. The third-order valence-electron chi connectivity index (χ3n) is 7.21. The van der Waals surface area contributed by atoms with Crippen LogP contribution in [0.4, 0.5) is 15.8 Å². The summed E-state index contributed by atoms with van der Waals surface area (Å²) < 4.78 is 15.2. The first-order valence-corrected chi connectivity index (χ1v) is 14.4. The van der Waals surface area contributed by atoms with E-state index in [1.165, 1.54) is 21.6 Å². The van der Waals surface area contributed by atoms with Crippen molar-refractivity contribution in [3.05, 3.63) is 110 Å². The van der Waals surface area contributed by atoms with Crippen LogP contribution in [-0.4, -0.2) is 27.5 Å². The first-order chi connectivity index (χ1) is 19.2. The Morgan fingerprint density at radius 1 is 0.875 bits per heavy atom. The Hall–Kier alpha value is -4.02. The molecule has 7 nitrogen and oxygen atoms in total. The molecule has 4 aromatic rings. The highest BCUT2D eigenvalue weighted by Crippen LogP contribution is 2.53. The second kappa shape index (κ2) is 10.2. The van der Waals surface area contributed by atoms with Crippen molar-refractivity contribution >= 4 is 52.2 Å². The van der Waals surface area contributed by atoms with E-state index in [2.05, 4.69) is 5.32 Å². The van der Waals surface area contributed by atoms with E-state index in [1.807, 2.05) is 38.1 Å². The number of halogens is 1. The van der Waals surface area contributed by atoms with Gasteiger partial charge in [0.25, 0.3) is 0 Å². The minimum atomic E-state index is -0.809. The average Bonchev–Trinajstić information content (AvgIpc) is 3.37. The number of fused-ring (bicyclic) bond motifs is 2. The Balaban J connectivity index is 1.40. The Bertz CT molecular complexity index is 1690. The highest BCUT2D eigenvalue weighted by Gasteiger charge is 2.56. The minimum Gasteiger partial charge on any atom is -0.325 e. The van der Waals surface area contributed by atoms with Crippen LogP contribution in [0.2, 0.25) is 0 Å². The summed E-state index contributed by atoms with van der Waals surface area (Å²) in [6, 6.07) is 20.2. The molecule has 0 spiro atoms. The number of imide groups is 1. The molecular weight excluding hydrogens is 549 g/mol. The summed E-state index contributed by atoms with van der Waals surface area (Å²) in [4.78, 5) is 55.2. The predicted molar refractivity (Wildman–Crippen MR) is 153 cm³/mol. The van der Waals surface area contributed by atoms with Gasteiger partial charge in [0, 0.05) is 16.5 Å². The third kappa shape index (κ3) is 4.56. The quantitative estimate of drug-likeness (QED) is 0.336. The van der Waals surface area contributed by atoms with Crippen LogP contribution in [0.1, 0.15) is 27.5 Å². The lowest BCUT2D eigenvalue weighted by Crippen LogP contribution is -2.33. The summed E-state index contributed by atoms with van der Waals surface area (Å²) in [6.07, 6.45) is 0. The van der Waals surface area contributed by atoms with Crippen molar-refractivity contribution in [3.63, 3.8) is 0 Å². The molecule has 3 aromatic carbocycles. The number of amides is 3. The summed E-state index contributed by atoms with van der Waals surface area (Å²) in [5, 5.41) is 2.49. The van der Waals surface area contributed by atoms with Gasteiger partial charge in [-0.25, -0.2) is 9.29 Å². The first-order valence-electron chi connectivity index (χ1n) is 12.7. The molecule has 10 heteroatoms. The number of nitrogens with zero attached hydrogens (tertiary/aromatic N) is 2. The number of hydrogen-bond donors (Lipinski definition) is 1. The van der Waals surface area contributed by atoms with E-state index in [0.717, 1.165) is 34.2 Å². The van der Waals surface area contributed by atoms with Crippen molar-refractivity contribution in [1.82, 2.24) is 4.57 Å². The predicted octanol–water partition coefficient (Wildman–Crippen LogP) is 5.10. The average molecular weight is 574 g/mol. The van der Waals surface area contributed by atoms with Crippen LogP contribution in [0.25, 0.3) is 0 Å². The van der Waals surface area contributed by atoms with Gasteiger partial charge in [-0.05, 0) is 55.8 Å². The van der Waals surface area contributed by atoms with Crippen LogP contribution < -0.4 is 15.1 Å². The molecule has 0 aliphatic carbocycles. The van der Waals surface area contributed by atoms with Gasteiger partial charge in [0.1, 0.15) is 17.6 Å². The largest absolute Gasteiger partial charge is 0.325 e. The van der Waals surface area contributed by atoms with Crippen molar-refractivity contribution in [2.75, 3.05) is 10.2 Å². The molecule has 202 valence electrons. The zero-order chi connectivity index (χ0) is 28.1. The Morgan fingerprint density at radius 2 is 1.50 bits per heavy atom. The summed E-state index contributed by atoms with van der Waals surface area (Å²) in [7, 11) is 0. The summed E-state index contributed by atoms with van der Waals surface area (Å²) >= 11 is 2.10. The molecule has 6 rings (SSSR count). The van der Waals surface area contributed by atoms with E-state index in [4.69, 9.17) is 0 Å². The monoisotopic (exact) mass is 573 g/mol. The summed E-state index contributed by atoms with van der Waals surface area (Å²) in [6.45, 7) is 3.62. The smallest absolute Gasteiger partial charge is 0.308 e. The third-order valence-corrected chi connectivity index (χ3v) is 9.81. The number of hydrogen-bond acceptors (Lipinski definition) is 6. The van der Waals surface area contributed by atoms with Crippen molar-refractivity contribution < 1.29 is 18.8 Å². The van der Waals surface area contributed by atoms with Crippen LogP contribution in [0, 0.1) is 25.6 Å². The highest BCUT2D eigenvalue weighted by atomic mass is 32.2. The van der Waals surface area contributed by atoms with Gasteiger partial charge in [0.05, 0.1) is 16.6 Å². The topological polar surface area (TPSA) is 88.5 Å². The molecule has 1 saturated heterocycles. The number of rotatable bonds is 5. The van der Waals surface area contributed by atoms with Gasteiger partial charge in [-0.1, -0.05) is 70.6 Å². The van der Waals surface area contributed by atoms with Crippen molar-refractivity contribution in [3.8, 4) is 0 Å². The van der Waals surface area contributed by atoms with Crippen LogP contribution in [0.15, 0.2) is 82.6 Å². The Morgan fingerprint density at radius 3 is 2.15 bits per heavy atom. The molecule has 1 aromatic heterocycles. The van der Waals surface area contributed by atoms with E-state index >= 15 is 0 Å². The highest BCUT2D eigenvalue weighted by molar-refractivity contribution is 8.00. The van der Waals surface area contributed by atoms with Crippen molar-refractivity contribution in [2.45, 2.75) is 36.6 Å². The molecule has 2 aliphatic heterocycles. The van der Waals surface area contributed by atoms with Crippen LogP contribution >= 0.6 is 23.1 Å². The van der Waals surface area contributed by atoms with E-state index < -0.39 is 22.9 Å². The molecule has 1 N–H and O–H groups in total. The summed E-state index contributed by atoms with van der Waals surface area (Å²) in [5.41, 5.74) is 3.76. The zero-order valence-corrected chi connectivity index (χ0v) is 23.2. The lowest BCUT2D eigenvalue weighted by Gasteiger charge is -2.30. The van der Waals surface area contributed by atoms with Gasteiger partial charge in [-0.15, -0.1) is 0 Å². The fourth-order valence-electron chi connectivity index (χ4n) is 5.21. The number of thiazole rings is 1. The Labute approximate surface area is 237 Å². The fraction of sp³-hybridized carbons (Fsp3) is 0.200. The zero-order valence-electron chi connectivity index (χ0n) is 21.6. The lowest BCUT2D eigenvalue weighted by molar-refractivity contribution is -0.122. The van der Waals surface area contributed by atoms with E-state index in [0.29, 0.717) is 26.8 Å². The van der Waals surface area contributed by atoms with Crippen molar-refractivity contribution in [1.29, 1.82) is 0 Å². The van der Waals surface area contributed by atoms with Crippen molar-refractivity contribution in [2.24, 2.45) is 5.92 Å². The molecule has 0 saturated carbocycles. The van der Waals surface area contributed by atoms with Gasteiger partial charge in [0.15, 0.2) is 0 Å². The molecule has 0 unspecified atom stereocenters. The van der Waals surface area contributed by atoms with E-state index in [9.17, 15) is 23.6 Å². The van der Waals surface area contributed by atoms with E-state index in [-0.39, 0.29) is 29.1 Å². The molecule has 2 aliphatic rings. The number of nitrogens with one attached hydrogen (secondary N) is 1. The minimum absolute atomic E-state index is 0.247. The molecule has 3 heterocycles. The maximum Gasteiger partial charge on any atom is 0.308 e. The first kappa shape index (κ1) is 26.2. The molecule has 0 radical (unpaired) electrons. The van der Waals surface area contributed by atoms with Gasteiger partial charge < -0.3 is 5.32 Å². The number of carbonyl (C=O) groups is 3. The Kier molecular flexibility index (Phi) is 6.67. The van der Waals surface area contributed by atoms with Gasteiger partial charge in [-0.2, -0.15) is 0 Å². The van der Waals surface area contributed by atoms with Gasteiger partial charge in [-0.3, -0.25) is 23.7 Å². The second-order valence-corrected chi connectivity index (χ2v) is 12.1. The normalized spacial score (nSPS) is 19.9. The molecule has 1 fully saturated rings. The van der Waals surface area contributed by atoms with Gasteiger partial charge in [0.2, 0.25) is 17.7 Å². The molecule has 40 heavy (non-hydrogen) atoms. The number of thioether (sulfide) groups is 1. The van der Waals surface area contributed by atoms with Gasteiger partial charge >= 0.3 is 4.87 Å². The number of aryl methyl sites for hydroxylation is 2. The van der Waals surface area contributed by atoms with Crippen LogP contribution in [0.3, 0.4) is 0 Å². The molecule has 3 atom stereocenters. The van der Waals surface area contributed by atoms with Crippen LogP contribution in [-0.2, 0) is 20.9 Å². The lowest BCUT2D eigenvalue weighted by atomic mass is 9.83.